The van der Waals surface area contributed by atoms with Crippen LogP contribution in [0, 0.1) is 6.92 Å². The van der Waals surface area contributed by atoms with Gasteiger partial charge in [-0.15, -0.1) is 0 Å². The van der Waals surface area contributed by atoms with Gasteiger partial charge in [0.15, 0.2) is 0 Å². The third kappa shape index (κ3) is 2.65. The summed E-state index contributed by atoms with van der Waals surface area (Å²) in [5, 5.41) is 4.44. The summed E-state index contributed by atoms with van der Waals surface area (Å²) >= 11 is 2.08. The van der Waals surface area contributed by atoms with Crippen LogP contribution in [-0.4, -0.2) is 33.1 Å². The van der Waals surface area contributed by atoms with Crippen molar-refractivity contribution in [3.05, 3.63) is 30.1 Å². The minimum atomic E-state index is 0.681. The Hall–Kier alpha value is -1.00. The van der Waals surface area contributed by atoms with Crippen LogP contribution in [-0.2, 0) is 6.54 Å². The average Bonchev–Trinajstić information content (AvgIpc) is 2.94. The summed E-state index contributed by atoms with van der Waals surface area (Å²) in [6.45, 7) is 6.44. The van der Waals surface area contributed by atoms with Gasteiger partial charge < -0.3 is 9.88 Å². The van der Waals surface area contributed by atoms with Crippen molar-refractivity contribution >= 4 is 22.8 Å². The molecular formula is C15H21N3S. The highest BCUT2D eigenvalue weighted by molar-refractivity contribution is 8.00. The predicted octanol–water partition coefficient (Wildman–Crippen LogP) is 2.83. The van der Waals surface area contributed by atoms with E-state index in [1.165, 1.54) is 17.7 Å². The standard InChI is InChI=1S/C15H21N3S/c1-11-13(7-10-19-11)16-8-9-18-12(2)17-14-5-3-4-6-15(14)18/h3-6,11,13,16H,7-10H2,1-2H3. The van der Waals surface area contributed by atoms with Gasteiger partial charge in [-0.1, -0.05) is 19.1 Å². The second kappa shape index (κ2) is 5.55. The summed E-state index contributed by atoms with van der Waals surface area (Å²) in [5.74, 6) is 2.41. The maximum absolute atomic E-state index is 4.61. The van der Waals surface area contributed by atoms with E-state index < -0.39 is 0 Å². The van der Waals surface area contributed by atoms with E-state index in [1.54, 1.807) is 0 Å². The fourth-order valence-corrected chi connectivity index (χ4v) is 4.07. The van der Waals surface area contributed by atoms with Crippen molar-refractivity contribution in [2.75, 3.05) is 12.3 Å². The van der Waals surface area contributed by atoms with Gasteiger partial charge in [-0.3, -0.25) is 0 Å². The van der Waals surface area contributed by atoms with E-state index >= 15 is 0 Å². The van der Waals surface area contributed by atoms with Crippen LogP contribution in [0.25, 0.3) is 11.0 Å². The van der Waals surface area contributed by atoms with Crippen LogP contribution in [0.4, 0.5) is 0 Å². The molecule has 1 aliphatic rings. The highest BCUT2D eigenvalue weighted by atomic mass is 32.2. The number of nitrogens with zero attached hydrogens (tertiary/aromatic N) is 2. The van der Waals surface area contributed by atoms with Crippen molar-refractivity contribution in [1.29, 1.82) is 0 Å². The van der Waals surface area contributed by atoms with Gasteiger partial charge in [0, 0.05) is 24.4 Å². The maximum atomic E-state index is 4.61. The van der Waals surface area contributed by atoms with Gasteiger partial charge in [-0.05, 0) is 31.2 Å². The number of imidazole rings is 1. The van der Waals surface area contributed by atoms with E-state index in [9.17, 15) is 0 Å². The number of thioether (sulfide) groups is 1. The molecule has 2 heterocycles. The van der Waals surface area contributed by atoms with Crippen LogP contribution < -0.4 is 5.32 Å². The molecule has 1 aromatic heterocycles. The molecule has 2 aromatic rings. The van der Waals surface area contributed by atoms with Crippen LogP contribution in [0.15, 0.2) is 24.3 Å². The number of benzene rings is 1. The minimum absolute atomic E-state index is 0.681. The predicted molar refractivity (Wildman–Crippen MR) is 82.8 cm³/mol. The van der Waals surface area contributed by atoms with Gasteiger partial charge in [-0.2, -0.15) is 11.8 Å². The molecule has 102 valence electrons. The molecule has 1 saturated heterocycles. The van der Waals surface area contributed by atoms with Gasteiger partial charge >= 0.3 is 0 Å². The first-order valence-electron chi connectivity index (χ1n) is 7.02. The molecule has 4 heteroatoms. The number of aromatic nitrogens is 2. The molecule has 0 saturated carbocycles. The zero-order chi connectivity index (χ0) is 13.2. The summed E-state index contributed by atoms with van der Waals surface area (Å²) in [5.41, 5.74) is 2.35. The Kier molecular flexibility index (Phi) is 3.80. The van der Waals surface area contributed by atoms with Gasteiger partial charge in [-0.25, -0.2) is 4.98 Å². The lowest BCUT2D eigenvalue weighted by Crippen LogP contribution is -2.35. The molecule has 3 rings (SSSR count). The number of hydrogen-bond acceptors (Lipinski definition) is 3. The van der Waals surface area contributed by atoms with E-state index in [-0.39, 0.29) is 0 Å². The fraction of sp³-hybridized carbons (Fsp3) is 0.533. The van der Waals surface area contributed by atoms with E-state index in [0.717, 1.165) is 29.7 Å². The fourth-order valence-electron chi connectivity index (χ4n) is 2.84. The summed E-state index contributed by atoms with van der Waals surface area (Å²) in [6, 6.07) is 9.06. The van der Waals surface area contributed by atoms with Crippen molar-refractivity contribution in [3.63, 3.8) is 0 Å². The van der Waals surface area contributed by atoms with Gasteiger partial charge in [0.25, 0.3) is 0 Å². The smallest absolute Gasteiger partial charge is 0.106 e. The molecule has 0 aliphatic carbocycles. The number of fused-ring (bicyclic) bond motifs is 1. The molecule has 0 radical (unpaired) electrons. The number of rotatable bonds is 4. The molecule has 1 N–H and O–H groups in total. The van der Waals surface area contributed by atoms with Crippen LogP contribution in [0.5, 0.6) is 0 Å². The molecule has 1 aromatic carbocycles. The Labute approximate surface area is 118 Å². The van der Waals surface area contributed by atoms with Gasteiger partial charge in [0.05, 0.1) is 11.0 Å². The van der Waals surface area contributed by atoms with Gasteiger partial charge in [0.2, 0.25) is 0 Å². The first kappa shape index (κ1) is 13.0. The summed E-state index contributed by atoms with van der Waals surface area (Å²) < 4.78 is 2.31. The molecule has 19 heavy (non-hydrogen) atoms. The second-order valence-corrected chi connectivity index (χ2v) is 6.71. The van der Waals surface area contributed by atoms with Crippen molar-refractivity contribution in [1.82, 2.24) is 14.9 Å². The molecule has 0 amide bonds. The van der Waals surface area contributed by atoms with E-state index in [4.69, 9.17) is 0 Å². The summed E-state index contributed by atoms with van der Waals surface area (Å²) in [4.78, 5) is 4.61. The Morgan fingerprint density at radius 1 is 1.42 bits per heavy atom. The Balaban J connectivity index is 1.66. The quantitative estimate of drug-likeness (QED) is 0.930. The summed E-state index contributed by atoms with van der Waals surface area (Å²) in [7, 11) is 0. The molecule has 0 spiro atoms. The lowest BCUT2D eigenvalue weighted by atomic mass is 10.2. The van der Waals surface area contributed by atoms with Crippen LogP contribution in [0.3, 0.4) is 0 Å². The van der Waals surface area contributed by atoms with E-state index in [0.29, 0.717) is 6.04 Å². The molecule has 1 aliphatic heterocycles. The molecule has 0 bridgehead atoms. The average molecular weight is 275 g/mol. The maximum Gasteiger partial charge on any atom is 0.106 e. The molecular weight excluding hydrogens is 254 g/mol. The van der Waals surface area contributed by atoms with E-state index in [1.807, 2.05) is 0 Å². The Morgan fingerprint density at radius 2 is 2.26 bits per heavy atom. The first-order valence-corrected chi connectivity index (χ1v) is 8.07. The van der Waals surface area contributed by atoms with Crippen molar-refractivity contribution < 1.29 is 0 Å². The molecule has 1 fully saturated rings. The third-order valence-corrected chi connectivity index (χ3v) is 5.29. The van der Waals surface area contributed by atoms with Gasteiger partial charge in [0.1, 0.15) is 5.82 Å². The van der Waals surface area contributed by atoms with Crippen molar-refractivity contribution in [2.45, 2.75) is 38.1 Å². The number of para-hydroxylation sites is 2. The minimum Gasteiger partial charge on any atom is -0.327 e. The Bertz CT molecular complexity index is 564. The highest BCUT2D eigenvalue weighted by Crippen LogP contribution is 2.26. The van der Waals surface area contributed by atoms with Crippen LogP contribution in [0.1, 0.15) is 19.2 Å². The lowest BCUT2D eigenvalue weighted by Gasteiger charge is -2.17. The second-order valence-electron chi connectivity index (χ2n) is 5.22. The first-order chi connectivity index (χ1) is 9.25. The third-order valence-electron chi connectivity index (χ3n) is 3.96. The zero-order valence-electron chi connectivity index (χ0n) is 11.6. The topological polar surface area (TPSA) is 29.9 Å². The summed E-state index contributed by atoms with van der Waals surface area (Å²) in [6.07, 6.45) is 1.30. The SMILES string of the molecule is Cc1nc2ccccc2n1CCNC1CCSC1C. The largest absolute Gasteiger partial charge is 0.327 e. The van der Waals surface area contributed by atoms with Crippen LogP contribution >= 0.6 is 11.8 Å². The monoisotopic (exact) mass is 275 g/mol. The normalized spacial score (nSPS) is 23.3. The zero-order valence-corrected chi connectivity index (χ0v) is 12.4. The molecule has 2 atom stereocenters. The highest BCUT2D eigenvalue weighted by Gasteiger charge is 2.22. The number of nitrogens with one attached hydrogen (secondary N) is 1. The van der Waals surface area contributed by atoms with Crippen molar-refractivity contribution in [2.24, 2.45) is 0 Å². The number of hydrogen-bond donors (Lipinski definition) is 1. The molecule has 3 nitrogen and oxygen atoms in total. The van der Waals surface area contributed by atoms with Crippen LogP contribution in [0.2, 0.25) is 0 Å². The number of aryl methyl sites for hydroxylation is 1. The lowest BCUT2D eigenvalue weighted by molar-refractivity contribution is 0.489. The van der Waals surface area contributed by atoms with E-state index in [2.05, 4.69) is 64.7 Å². The Morgan fingerprint density at radius 3 is 3.05 bits per heavy atom. The van der Waals surface area contributed by atoms with Crippen molar-refractivity contribution in [3.8, 4) is 0 Å². The molecule has 2 unspecified atom stereocenters.